The van der Waals surface area contributed by atoms with Gasteiger partial charge in [-0.05, 0) is 0 Å². The van der Waals surface area contributed by atoms with Crippen molar-refractivity contribution >= 4 is 11.8 Å². The first-order chi connectivity index (χ1) is 6.15. The van der Waals surface area contributed by atoms with E-state index in [0.29, 0.717) is 0 Å². The van der Waals surface area contributed by atoms with E-state index < -0.39 is 6.10 Å². The molecule has 0 aromatic carbocycles. The van der Waals surface area contributed by atoms with E-state index >= 15 is 0 Å². The van der Waals surface area contributed by atoms with Crippen molar-refractivity contribution in [1.29, 1.82) is 0 Å². The highest BCUT2D eigenvalue weighted by Crippen LogP contribution is 1.85. The SMILES string of the molecule is CNC(=O)CNC(=O)C(CN)OC. The number of methoxy groups -OCH3 is 1. The number of likely N-dealkylation sites (N-methyl/N-ethyl adjacent to an activating group) is 1. The van der Waals surface area contributed by atoms with Crippen LogP contribution in [0.4, 0.5) is 0 Å². The van der Waals surface area contributed by atoms with Crippen LogP contribution in [0.15, 0.2) is 0 Å². The van der Waals surface area contributed by atoms with E-state index in [-0.39, 0.29) is 24.9 Å². The molecule has 76 valence electrons. The number of carbonyl (C=O) groups is 2. The number of hydrogen-bond donors (Lipinski definition) is 3. The minimum atomic E-state index is -0.690. The van der Waals surface area contributed by atoms with E-state index in [0.717, 1.165) is 0 Å². The first-order valence-corrected chi connectivity index (χ1v) is 3.86. The van der Waals surface area contributed by atoms with E-state index in [9.17, 15) is 9.59 Å². The Morgan fingerprint density at radius 3 is 2.54 bits per heavy atom. The lowest BCUT2D eigenvalue weighted by atomic mass is 10.3. The van der Waals surface area contributed by atoms with Crippen LogP contribution >= 0.6 is 0 Å². The largest absolute Gasteiger partial charge is 0.370 e. The maximum Gasteiger partial charge on any atom is 0.250 e. The van der Waals surface area contributed by atoms with E-state index in [1.54, 1.807) is 0 Å². The summed E-state index contributed by atoms with van der Waals surface area (Å²) in [5.74, 6) is -0.645. The van der Waals surface area contributed by atoms with Crippen molar-refractivity contribution in [2.45, 2.75) is 6.10 Å². The molecule has 6 heteroatoms. The molecule has 13 heavy (non-hydrogen) atoms. The molecule has 0 radical (unpaired) electrons. The lowest BCUT2D eigenvalue weighted by Crippen LogP contribution is -2.44. The van der Waals surface area contributed by atoms with E-state index in [4.69, 9.17) is 10.5 Å². The first kappa shape index (κ1) is 11.9. The Labute approximate surface area is 76.8 Å². The van der Waals surface area contributed by atoms with Crippen molar-refractivity contribution < 1.29 is 14.3 Å². The summed E-state index contributed by atoms with van der Waals surface area (Å²) in [6.07, 6.45) is -0.690. The first-order valence-electron chi connectivity index (χ1n) is 3.86. The van der Waals surface area contributed by atoms with Gasteiger partial charge in [-0.25, -0.2) is 0 Å². The third kappa shape index (κ3) is 4.44. The van der Waals surface area contributed by atoms with Gasteiger partial charge < -0.3 is 21.1 Å². The van der Waals surface area contributed by atoms with Crippen LogP contribution in [0, 0.1) is 0 Å². The molecular weight excluding hydrogens is 174 g/mol. The van der Waals surface area contributed by atoms with Gasteiger partial charge in [-0.15, -0.1) is 0 Å². The summed E-state index contributed by atoms with van der Waals surface area (Å²) >= 11 is 0. The smallest absolute Gasteiger partial charge is 0.250 e. The third-order valence-electron chi connectivity index (χ3n) is 1.49. The molecule has 0 saturated heterocycles. The summed E-state index contributed by atoms with van der Waals surface area (Å²) in [5, 5.41) is 4.75. The number of ether oxygens (including phenoxy) is 1. The molecule has 0 aromatic heterocycles. The quantitative estimate of drug-likeness (QED) is 0.458. The normalized spacial score (nSPS) is 11.9. The predicted octanol–water partition coefficient (Wildman–Crippen LogP) is -2.18. The van der Waals surface area contributed by atoms with Gasteiger partial charge >= 0.3 is 0 Å². The van der Waals surface area contributed by atoms with Gasteiger partial charge in [0.05, 0.1) is 6.54 Å². The third-order valence-corrected chi connectivity index (χ3v) is 1.49. The van der Waals surface area contributed by atoms with E-state index in [1.165, 1.54) is 14.2 Å². The maximum atomic E-state index is 11.1. The Morgan fingerprint density at radius 1 is 1.54 bits per heavy atom. The van der Waals surface area contributed by atoms with Gasteiger partial charge in [0.25, 0.3) is 5.91 Å². The number of amides is 2. The van der Waals surface area contributed by atoms with Crippen molar-refractivity contribution in [2.75, 3.05) is 27.2 Å². The Hall–Kier alpha value is -1.14. The van der Waals surface area contributed by atoms with Crippen LogP contribution in [0.25, 0.3) is 0 Å². The fourth-order valence-corrected chi connectivity index (χ4v) is 0.680. The second-order valence-electron chi connectivity index (χ2n) is 2.35. The molecule has 0 aromatic rings. The summed E-state index contributed by atoms with van der Waals surface area (Å²) < 4.78 is 4.76. The zero-order chi connectivity index (χ0) is 10.3. The second-order valence-corrected chi connectivity index (χ2v) is 2.35. The molecule has 0 saturated carbocycles. The van der Waals surface area contributed by atoms with Crippen molar-refractivity contribution in [1.82, 2.24) is 10.6 Å². The molecule has 0 rings (SSSR count). The molecule has 4 N–H and O–H groups in total. The average Bonchev–Trinajstić information content (AvgIpc) is 2.16. The number of nitrogens with one attached hydrogen (secondary N) is 2. The summed E-state index contributed by atoms with van der Waals surface area (Å²) in [6.45, 7) is 0.0330. The van der Waals surface area contributed by atoms with E-state index in [2.05, 4.69) is 10.6 Å². The molecule has 0 heterocycles. The van der Waals surface area contributed by atoms with E-state index in [1.807, 2.05) is 0 Å². The van der Waals surface area contributed by atoms with Crippen molar-refractivity contribution in [3.8, 4) is 0 Å². The molecule has 0 fully saturated rings. The van der Waals surface area contributed by atoms with Crippen LogP contribution in [0.2, 0.25) is 0 Å². The van der Waals surface area contributed by atoms with Crippen molar-refractivity contribution in [3.05, 3.63) is 0 Å². The monoisotopic (exact) mass is 189 g/mol. The fourth-order valence-electron chi connectivity index (χ4n) is 0.680. The summed E-state index contributed by atoms with van der Waals surface area (Å²) in [7, 11) is 2.88. The number of rotatable bonds is 5. The molecule has 2 amide bonds. The van der Waals surface area contributed by atoms with Gasteiger partial charge in [0, 0.05) is 20.7 Å². The Bertz CT molecular complexity index is 180. The Morgan fingerprint density at radius 2 is 2.15 bits per heavy atom. The van der Waals surface area contributed by atoms with Gasteiger partial charge in [0.1, 0.15) is 6.10 Å². The highest BCUT2D eigenvalue weighted by atomic mass is 16.5. The molecule has 0 aliphatic rings. The Kier molecular flexibility index (Phi) is 5.82. The van der Waals surface area contributed by atoms with Crippen molar-refractivity contribution in [2.24, 2.45) is 5.73 Å². The van der Waals surface area contributed by atoms with Gasteiger partial charge in [-0.3, -0.25) is 9.59 Å². The molecule has 1 atom stereocenters. The van der Waals surface area contributed by atoms with Crippen LogP contribution in [-0.4, -0.2) is 45.2 Å². The maximum absolute atomic E-state index is 11.1. The lowest BCUT2D eigenvalue weighted by Gasteiger charge is -2.12. The molecule has 1 unspecified atom stereocenters. The fraction of sp³-hybridized carbons (Fsp3) is 0.714. The lowest BCUT2D eigenvalue weighted by molar-refractivity contribution is -0.132. The van der Waals surface area contributed by atoms with Crippen LogP contribution in [0.1, 0.15) is 0 Å². The van der Waals surface area contributed by atoms with Crippen molar-refractivity contribution in [3.63, 3.8) is 0 Å². The van der Waals surface area contributed by atoms with Gasteiger partial charge in [0.15, 0.2) is 0 Å². The average molecular weight is 189 g/mol. The minimum Gasteiger partial charge on any atom is -0.370 e. The van der Waals surface area contributed by atoms with Crippen LogP contribution in [-0.2, 0) is 14.3 Å². The predicted molar refractivity (Wildman–Crippen MR) is 46.9 cm³/mol. The summed E-state index contributed by atoms with van der Waals surface area (Å²) in [4.78, 5) is 21.8. The molecular formula is C7H15N3O3. The number of hydrogen-bond acceptors (Lipinski definition) is 4. The summed E-state index contributed by atoms with van der Waals surface area (Å²) in [6, 6.07) is 0. The molecule has 0 aliphatic carbocycles. The number of nitrogens with two attached hydrogens (primary N) is 1. The number of carbonyl (C=O) groups excluding carboxylic acids is 2. The minimum absolute atomic E-state index is 0.0603. The summed E-state index contributed by atoms with van der Waals surface area (Å²) in [5.41, 5.74) is 5.24. The van der Waals surface area contributed by atoms with Crippen LogP contribution in [0.3, 0.4) is 0 Å². The topological polar surface area (TPSA) is 93.5 Å². The molecule has 0 spiro atoms. The highest BCUT2D eigenvalue weighted by Gasteiger charge is 2.15. The molecule has 6 nitrogen and oxygen atoms in total. The van der Waals surface area contributed by atoms with Gasteiger partial charge in [0.2, 0.25) is 5.91 Å². The Balaban J connectivity index is 3.79. The standard InChI is InChI=1S/C7H15N3O3/c1-9-6(11)4-10-7(12)5(3-8)13-2/h5H,3-4,8H2,1-2H3,(H,9,11)(H,10,12). The zero-order valence-corrected chi connectivity index (χ0v) is 7.79. The van der Waals surface area contributed by atoms with Crippen LogP contribution < -0.4 is 16.4 Å². The van der Waals surface area contributed by atoms with Gasteiger partial charge in [-0.1, -0.05) is 0 Å². The van der Waals surface area contributed by atoms with Crippen LogP contribution in [0.5, 0.6) is 0 Å². The highest BCUT2D eigenvalue weighted by molar-refractivity contribution is 5.86. The second kappa shape index (κ2) is 6.38. The molecule has 0 bridgehead atoms. The van der Waals surface area contributed by atoms with Gasteiger partial charge in [-0.2, -0.15) is 0 Å². The molecule has 0 aliphatic heterocycles. The zero-order valence-electron chi connectivity index (χ0n) is 7.79.